The Morgan fingerprint density at radius 2 is 1.20 bits per heavy atom. The summed E-state index contributed by atoms with van der Waals surface area (Å²) in [6.07, 6.45) is -4.07. The summed E-state index contributed by atoms with van der Waals surface area (Å²) in [4.78, 5) is 11.9. The molecule has 0 aliphatic carbocycles. The van der Waals surface area contributed by atoms with E-state index in [9.17, 15) is 26.3 Å². The molecule has 0 unspecified atom stereocenters. The molecule has 3 heterocycles. The Morgan fingerprint density at radius 3 is 1.63 bits per heavy atom. The van der Waals surface area contributed by atoms with E-state index in [4.69, 9.17) is 20.9 Å². The van der Waals surface area contributed by atoms with E-state index < -0.39 is 34.6 Å². The molecule has 0 radical (unpaired) electrons. The third kappa shape index (κ3) is 13.0. The molecule has 0 fully saturated rings. The lowest BCUT2D eigenvalue weighted by atomic mass is 9.93. The van der Waals surface area contributed by atoms with Crippen molar-refractivity contribution in [2.45, 2.75) is 84.7 Å². The normalized spacial score (nSPS) is 14.7. The Labute approximate surface area is 274 Å². The molecule has 4 N–H and O–H groups in total. The van der Waals surface area contributed by atoms with Gasteiger partial charge in [-0.3, -0.25) is 9.97 Å². The standard InChI is InChI=1S/C19H24F3N3O.C13H18BrF3N2O/c1-12(2)9-18(4,23)11-26-17-10-25-16(8-15(17)19(20,21)22)14-5-6-24-13(3)7-14;1-8(2)5-12(3,18)7-20-10-6-19-11(14)4-9(10)13(15,16)17/h5-8,10,12H,9,11,23H2,1-4H3;4,6,8H,5,7,18H2,1-3H3/t18-;12-/m01/s1. The lowest BCUT2D eigenvalue weighted by Gasteiger charge is -2.27. The lowest BCUT2D eigenvalue weighted by Crippen LogP contribution is -2.43. The number of hydrogen-bond acceptors (Lipinski definition) is 7. The van der Waals surface area contributed by atoms with E-state index in [1.807, 2.05) is 27.7 Å². The van der Waals surface area contributed by atoms with Gasteiger partial charge in [0.05, 0.1) is 18.1 Å². The Hall–Kier alpha value is -2.97. The van der Waals surface area contributed by atoms with Gasteiger partial charge in [0, 0.05) is 28.5 Å². The monoisotopic (exact) mass is 721 g/mol. The third-order valence-corrected chi connectivity index (χ3v) is 6.80. The zero-order valence-electron chi connectivity index (χ0n) is 27.0. The number of ether oxygens (including phenoxy) is 2. The Balaban J connectivity index is 0.000000332. The molecule has 0 aliphatic heterocycles. The quantitative estimate of drug-likeness (QED) is 0.151. The van der Waals surface area contributed by atoms with Gasteiger partial charge >= 0.3 is 12.4 Å². The maximum Gasteiger partial charge on any atom is 0.420 e. The molecule has 3 aromatic rings. The van der Waals surface area contributed by atoms with Crippen molar-refractivity contribution in [3.05, 3.63) is 64.3 Å². The molecule has 0 aliphatic rings. The fourth-order valence-electron chi connectivity index (χ4n) is 4.86. The summed E-state index contributed by atoms with van der Waals surface area (Å²) in [5.74, 6) is 0.0263. The van der Waals surface area contributed by atoms with Crippen molar-refractivity contribution in [2.75, 3.05) is 13.2 Å². The van der Waals surface area contributed by atoms with Crippen LogP contribution in [-0.2, 0) is 12.4 Å². The summed E-state index contributed by atoms with van der Waals surface area (Å²) in [5.41, 5.74) is 10.5. The molecule has 256 valence electrons. The SMILES string of the molecule is CC(C)C[C@@](C)(N)COc1cnc(Br)cc1C(F)(F)F.Cc1cc(-c2cc(C(F)(F)F)c(OC[C@@](C)(N)CC(C)C)cn2)ccn1. The van der Waals surface area contributed by atoms with E-state index in [2.05, 4.69) is 30.9 Å². The molecule has 0 saturated heterocycles. The zero-order chi connectivity index (χ0) is 35.1. The minimum Gasteiger partial charge on any atom is -0.489 e. The zero-order valence-corrected chi connectivity index (χ0v) is 28.6. The summed E-state index contributed by atoms with van der Waals surface area (Å²) < 4.78 is 90.0. The molecule has 0 aromatic carbocycles. The summed E-state index contributed by atoms with van der Waals surface area (Å²) in [7, 11) is 0. The van der Waals surface area contributed by atoms with Crippen molar-refractivity contribution in [3.8, 4) is 22.8 Å². The van der Waals surface area contributed by atoms with Crippen LogP contribution in [0.5, 0.6) is 11.5 Å². The van der Waals surface area contributed by atoms with Gasteiger partial charge in [-0.05, 0) is 85.6 Å². The molecule has 3 rings (SSSR count). The van der Waals surface area contributed by atoms with Gasteiger partial charge in [-0.2, -0.15) is 26.3 Å². The van der Waals surface area contributed by atoms with Crippen molar-refractivity contribution in [3.63, 3.8) is 0 Å². The Bertz CT molecular complexity index is 1430. The second kappa shape index (κ2) is 15.7. The van der Waals surface area contributed by atoms with Gasteiger partial charge in [-0.1, -0.05) is 27.7 Å². The van der Waals surface area contributed by atoms with E-state index in [0.717, 1.165) is 24.5 Å². The fourth-order valence-corrected chi connectivity index (χ4v) is 5.20. The van der Waals surface area contributed by atoms with Gasteiger partial charge in [-0.25, -0.2) is 4.98 Å². The van der Waals surface area contributed by atoms with Crippen LogP contribution in [0.25, 0.3) is 11.3 Å². The Morgan fingerprint density at radius 1 is 0.739 bits per heavy atom. The van der Waals surface area contributed by atoms with Crippen molar-refractivity contribution < 1.29 is 35.8 Å². The molecule has 46 heavy (non-hydrogen) atoms. The number of hydrogen-bond donors (Lipinski definition) is 2. The van der Waals surface area contributed by atoms with Gasteiger partial charge in [0.25, 0.3) is 0 Å². The first kappa shape index (κ1) is 39.2. The number of nitrogens with zero attached hydrogens (tertiary/aromatic N) is 3. The topological polar surface area (TPSA) is 109 Å². The number of halogens is 7. The van der Waals surface area contributed by atoms with Crippen LogP contribution in [0.3, 0.4) is 0 Å². The number of nitrogens with two attached hydrogens (primary N) is 2. The van der Waals surface area contributed by atoms with E-state index >= 15 is 0 Å². The highest BCUT2D eigenvalue weighted by Crippen LogP contribution is 2.39. The van der Waals surface area contributed by atoms with Crippen LogP contribution in [0.1, 0.15) is 71.2 Å². The van der Waals surface area contributed by atoms with Crippen molar-refractivity contribution >= 4 is 15.9 Å². The molecule has 0 spiro atoms. The number of pyridine rings is 3. The number of aryl methyl sites for hydroxylation is 1. The average Bonchev–Trinajstić information content (AvgIpc) is 2.89. The van der Waals surface area contributed by atoms with Gasteiger partial charge < -0.3 is 20.9 Å². The highest BCUT2D eigenvalue weighted by molar-refractivity contribution is 9.10. The third-order valence-electron chi connectivity index (χ3n) is 6.37. The summed E-state index contributed by atoms with van der Waals surface area (Å²) in [5, 5.41) is 0. The minimum atomic E-state index is -4.56. The van der Waals surface area contributed by atoms with E-state index in [0.29, 0.717) is 35.9 Å². The molecular formula is C32H42BrF6N5O2. The predicted octanol–water partition coefficient (Wildman–Crippen LogP) is 8.62. The summed E-state index contributed by atoms with van der Waals surface area (Å²) in [6, 6.07) is 5.20. The average molecular weight is 723 g/mol. The number of rotatable bonds is 11. The second-order valence-corrected chi connectivity index (χ2v) is 13.6. The van der Waals surface area contributed by atoms with Crippen LogP contribution in [0.2, 0.25) is 0 Å². The first-order valence-corrected chi connectivity index (χ1v) is 15.3. The second-order valence-electron chi connectivity index (χ2n) is 12.8. The number of alkyl halides is 6. The number of aromatic nitrogens is 3. The van der Waals surface area contributed by atoms with E-state index in [-0.39, 0.29) is 35.0 Å². The van der Waals surface area contributed by atoms with Crippen LogP contribution in [-0.4, -0.2) is 39.2 Å². The molecule has 14 heteroatoms. The molecule has 0 amide bonds. The minimum absolute atomic E-state index is 0.00241. The molecule has 7 nitrogen and oxygen atoms in total. The highest BCUT2D eigenvalue weighted by atomic mass is 79.9. The van der Waals surface area contributed by atoms with Crippen molar-refractivity contribution in [1.82, 2.24) is 15.0 Å². The van der Waals surface area contributed by atoms with Gasteiger partial charge in [0.1, 0.15) is 40.4 Å². The lowest BCUT2D eigenvalue weighted by molar-refractivity contribution is -0.140. The van der Waals surface area contributed by atoms with Crippen LogP contribution in [0.15, 0.2) is 47.5 Å². The summed E-state index contributed by atoms with van der Waals surface area (Å²) >= 11 is 2.92. The predicted molar refractivity (Wildman–Crippen MR) is 169 cm³/mol. The smallest absolute Gasteiger partial charge is 0.420 e. The van der Waals surface area contributed by atoms with Crippen LogP contribution < -0.4 is 20.9 Å². The van der Waals surface area contributed by atoms with Crippen molar-refractivity contribution in [2.24, 2.45) is 23.3 Å². The van der Waals surface area contributed by atoms with Crippen LogP contribution in [0, 0.1) is 18.8 Å². The van der Waals surface area contributed by atoms with Gasteiger partial charge in [-0.15, -0.1) is 0 Å². The van der Waals surface area contributed by atoms with E-state index in [1.165, 1.54) is 6.20 Å². The van der Waals surface area contributed by atoms with Gasteiger partial charge in [0.15, 0.2) is 0 Å². The summed E-state index contributed by atoms with van der Waals surface area (Å²) in [6.45, 7) is 13.2. The van der Waals surface area contributed by atoms with Crippen molar-refractivity contribution in [1.29, 1.82) is 0 Å². The highest BCUT2D eigenvalue weighted by Gasteiger charge is 2.37. The Kier molecular flexibility index (Phi) is 13.4. The molecule has 3 aromatic heterocycles. The van der Waals surface area contributed by atoms with Gasteiger partial charge in [0.2, 0.25) is 0 Å². The van der Waals surface area contributed by atoms with E-state index in [1.54, 1.807) is 32.9 Å². The fraction of sp³-hybridized carbons (Fsp3) is 0.531. The largest absolute Gasteiger partial charge is 0.489 e. The molecule has 0 bridgehead atoms. The van der Waals surface area contributed by atoms with Crippen LogP contribution >= 0.6 is 15.9 Å². The van der Waals surface area contributed by atoms with Crippen LogP contribution in [0.4, 0.5) is 26.3 Å². The molecular weight excluding hydrogens is 680 g/mol. The first-order chi connectivity index (χ1) is 21.0. The maximum atomic E-state index is 13.5. The first-order valence-electron chi connectivity index (χ1n) is 14.6. The molecule has 0 saturated carbocycles. The maximum absolute atomic E-state index is 13.5. The molecule has 2 atom stereocenters.